The summed E-state index contributed by atoms with van der Waals surface area (Å²) in [5.74, 6) is 0.289. The Balaban J connectivity index is 2.06. The maximum Gasteiger partial charge on any atom is 0.147 e. The summed E-state index contributed by atoms with van der Waals surface area (Å²) >= 11 is 1.55. The third-order valence-electron chi connectivity index (χ3n) is 3.34. The summed E-state index contributed by atoms with van der Waals surface area (Å²) in [5.41, 5.74) is 5.53. The van der Waals surface area contributed by atoms with E-state index in [9.17, 15) is 4.79 Å². The molecule has 0 aromatic carbocycles. The Labute approximate surface area is 93.7 Å². The first-order valence-electron chi connectivity index (χ1n) is 5.39. The van der Waals surface area contributed by atoms with Gasteiger partial charge in [-0.2, -0.15) is 0 Å². The number of rotatable bonds is 4. The standard InChI is InChI=1S/C11H16N2OS/c12-8-11(3-1-2-4-11)9(14)7-10-13-5-6-15-10/h5-6H,1-4,7-8,12H2. The summed E-state index contributed by atoms with van der Waals surface area (Å²) in [6.07, 6.45) is 6.43. The summed E-state index contributed by atoms with van der Waals surface area (Å²) in [4.78, 5) is 16.3. The molecule has 1 saturated carbocycles. The highest BCUT2D eigenvalue weighted by Crippen LogP contribution is 2.38. The van der Waals surface area contributed by atoms with Crippen LogP contribution in [-0.2, 0) is 11.2 Å². The summed E-state index contributed by atoms with van der Waals surface area (Å²) in [5, 5.41) is 2.83. The van der Waals surface area contributed by atoms with Crippen LogP contribution in [0, 0.1) is 5.41 Å². The quantitative estimate of drug-likeness (QED) is 0.848. The van der Waals surface area contributed by atoms with Crippen molar-refractivity contribution < 1.29 is 4.79 Å². The molecular formula is C11H16N2OS. The number of thiazole rings is 1. The fourth-order valence-corrected chi connectivity index (χ4v) is 2.93. The Kier molecular flexibility index (Phi) is 3.17. The van der Waals surface area contributed by atoms with E-state index in [1.165, 1.54) is 0 Å². The number of carbonyl (C=O) groups is 1. The highest BCUT2D eigenvalue weighted by Gasteiger charge is 2.39. The summed E-state index contributed by atoms with van der Waals surface area (Å²) < 4.78 is 0. The fourth-order valence-electron chi connectivity index (χ4n) is 2.31. The Hall–Kier alpha value is -0.740. The molecule has 1 aromatic heterocycles. The van der Waals surface area contributed by atoms with E-state index in [1.807, 2.05) is 5.38 Å². The average molecular weight is 224 g/mol. The minimum atomic E-state index is -0.230. The van der Waals surface area contributed by atoms with Gasteiger partial charge in [-0.3, -0.25) is 4.79 Å². The van der Waals surface area contributed by atoms with Crippen molar-refractivity contribution in [3.63, 3.8) is 0 Å². The van der Waals surface area contributed by atoms with Crippen molar-refractivity contribution in [1.29, 1.82) is 0 Å². The van der Waals surface area contributed by atoms with Crippen LogP contribution in [0.5, 0.6) is 0 Å². The highest BCUT2D eigenvalue weighted by molar-refractivity contribution is 7.09. The van der Waals surface area contributed by atoms with Crippen molar-refractivity contribution in [3.8, 4) is 0 Å². The van der Waals surface area contributed by atoms with Crippen molar-refractivity contribution in [3.05, 3.63) is 16.6 Å². The van der Waals surface area contributed by atoms with Crippen LogP contribution < -0.4 is 5.73 Å². The summed E-state index contributed by atoms with van der Waals surface area (Å²) in [6, 6.07) is 0. The van der Waals surface area contributed by atoms with Crippen LogP contribution in [0.4, 0.5) is 0 Å². The number of nitrogens with two attached hydrogens (primary N) is 1. The van der Waals surface area contributed by atoms with Crippen molar-refractivity contribution >= 4 is 17.1 Å². The lowest BCUT2D eigenvalue weighted by molar-refractivity contribution is -0.127. The van der Waals surface area contributed by atoms with E-state index in [0.29, 0.717) is 13.0 Å². The van der Waals surface area contributed by atoms with Crippen LogP contribution in [0.15, 0.2) is 11.6 Å². The van der Waals surface area contributed by atoms with Gasteiger partial charge in [0.25, 0.3) is 0 Å². The summed E-state index contributed by atoms with van der Waals surface area (Å²) in [6.45, 7) is 0.497. The van der Waals surface area contributed by atoms with Gasteiger partial charge in [-0.15, -0.1) is 11.3 Å². The molecule has 0 radical (unpaired) electrons. The van der Waals surface area contributed by atoms with Gasteiger partial charge in [-0.05, 0) is 12.8 Å². The Morgan fingerprint density at radius 2 is 2.27 bits per heavy atom. The van der Waals surface area contributed by atoms with Crippen LogP contribution >= 0.6 is 11.3 Å². The van der Waals surface area contributed by atoms with E-state index in [-0.39, 0.29) is 11.2 Å². The Bertz CT molecular complexity index is 328. The maximum atomic E-state index is 12.2. The molecule has 2 N–H and O–H groups in total. The van der Waals surface area contributed by atoms with Crippen LogP contribution in [-0.4, -0.2) is 17.3 Å². The first-order chi connectivity index (χ1) is 7.27. The second-order valence-electron chi connectivity index (χ2n) is 4.22. The molecule has 0 spiro atoms. The van der Waals surface area contributed by atoms with E-state index in [0.717, 1.165) is 30.7 Å². The van der Waals surface area contributed by atoms with Crippen LogP contribution in [0.25, 0.3) is 0 Å². The predicted molar refractivity (Wildman–Crippen MR) is 60.8 cm³/mol. The van der Waals surface area contributed by atoms with Crippen molar-refractivity contribution in [2.45, 2.75) is 32.1 Å². The monoisotopic (exact) mass is 224 g/mol. The van der Waals surface area contributed by atoms with Crippen LogP contribution in [0.3, 0.4) is 0 Å². The molecule has 1 heterocycles. The minimum absolute atomic E-state index is 0.230. The first-order valence-corrected chi connectivity index (χ1v) is 6.26. The predicted octanol–water partition coefficient (Wildman–Crippen LogP) is 1.77. The van der Waals surface area contributed by atoms with Gasteiger partial charge in [0, 0.05) is 23.5 Å². The molecule has 0 bridgehead atoms. The molecule has 0 unspecified atom stereocenters. The van der Waals surface area contributed by atoms with Gasteiger partial charge >= 0.3 is 0 Å². The van der Waals surface area contributed by atoms with Crippen LogP contribution in [0.2, 0.25) is 0 Å². The molecular weight excluding hydrogens is 208 g/mol. The molecule has 3 nitrogen and oxygen atoms in total. The molecule has 0 atom stereocenters. The third-order valence-corrected chi connectivity index (χ3v) is 4.12. The van der Waals surface area contributed by atoms with Gasteiger partial charge in [-0.1, -0.05) is 12.8 Å². The van der Waals surface area contributed by atoms with Gasteiger partial charge in [0.1, 0.15) is 5.78 Å². The number of hydrogen-bond acceptors (Lipinski definition) is 4. The second-order valence-corrected chi connectivity index (χ2v) is 5.20. The fraction of sp³-hybridized carbons (Fsp3) is 0.636. The smallest absolute Gasteiger partial charge is 0.147 e. The SMILES string of the molecule is NCC1(C(=O)Cc2nccs2)CCCC1. The first kappa shape index (κ1) is 10.8. The molecule has 1 fully saturated rings. The zero-order chi connectivity index (χ0) is 10.7. The van der Waals surface area contributed by atoms with Crippen molar-refractivity contribution in [1.82, 2.24) is 4.98 Å². The van der Waals surface area contributed by atoms with Crippen molar-refractivity contribution in [2.24, 2.45) is 11.1 Å². The third kappa shape index (κ3) is 2.11. The lowest BCUT2D eigenvalue weighted by Gasteiger charge is -2.24. The number of ketones is 1. The van der Waals surface area contributed by atoms with E-state index in [2.05, 4.69) is 4.98 Å². The van der Waals surface area contributed by atoms with Gasteiger partial charge in [0.15, 0.2) is 0 Å². The molecule has 1 aromatic rings. The van der Waals surface area contributed by atoms with E-state index >= 15 is 0 Å². The van der Waals surface area contributed by atoms with Gasteiger partial charge < -0.3 is 5.73 Å². The van der Waals surface area contributed by atoms with Crippen molar-refractivity contribution in [2.75, 3.05) is 6.54 Å². The van der Waals surface area contributed by atoms with Gasteiger partial charge in [0.2, 0.25) is 0 Å². The van der Waals surface area contributed by atoms with Gasteiger partial charge in [-0.25, -0.2) is 4.98 Å². The Morgan fingerprint density at radius 3 is 2.80 bits per heavy atom. The zero-order valence-electron chi connectivity index (χ0n) is 8.74. The summed E-state index contributed by atoms with van der Waals surface area (Å²) in [7, 11) is 0. The number of carbonyl (C=O) groups excluding carboxylic acids is 1. The average Bonchev–Trinajstić information content (AvgIpc) is 2.87. The molecule has 0 amide bonds. The second kappa shape index (κ2) is 4.41. The van der Waals surface area contributed by atoms with Gasteiger partial charge in [0.05, 0.1) is 11.4 Å². The lowest BCUT2D eigenvalue weighted by atomic mass is 9.80. The molecule has 4 heteroatoms. The van der Waals surface area contributed by atoms with E-state index < -0.39 is 0 Å². The molecule has 82 valence electrons. The highest BCUT2D eigenvalue weighted by atomic mass is 32.1. The molecule has 1 aliphatic carbocycles. The lowest BCUT2D eigenvalue weighted by Crippen LogP contribution is -2.37. The Morgan fingerprint density at radius 1 is 1.53 bits per heavy atom. The number of hydrogen-bond donors (Lipinski definition) is 1. The molecule has 15 heavy (non-hydrogen) atoms. The van der Waals surface area contributed by atoms with Crippen LogP contribution in [0.1, 0.15) is 30.7 Å². The number of Topliss-reactive ketones (excluding diaryl/α,β-unsaturated/α-hetero) is 1. The zero-order valence-corrected chi connectivity index (χ0v) is 9.55. The normalized spacial score (nSPS) is 19.3. The molecule has 2 rings (SSSR count). The maximum absolute atomic E-state index is 12.2. The number of aromatic nitrogens is 1. The molecule has 0 aliphatic heterocycles. The number of nitrogens with zero attached hydrogens (tertiary/aromatic N) is 1. The minimum Gasteiger partial charge on any atom is -0.329 e. The van der Waals surface area contributed by atoms with E-state index in [1.54, 1.807) is 17.5 Å². The topological polar surface area (TPSA) is 56.0 Å². The molecule has 1 aliphatic rings. The largest absolute Gasteiger partial charge is 0.329 e. The molecule has 0 saturated heterocycles. The van der Waals surface area contributed by atoms with E-state index in [4.69, 9.17) is 5.73 Å².